The molecular weight excluding hydrogens is 432 g/mol. The molecule has 0 aliphatic heterocycles. The van der Waals surface area contributed by atoms with E-state index in [1.54, 1.807) is 31.2 Å². The highest BCUT2D eigenvalue weighted by molar-refractivity contribution is 7.80. The molecule has 1 amide bonds. The Labute approximate surface area is 192 Å². The van der Waals surface area contributed by atoms with Crippen LogP contribution in [0.4, 0.5) is 5.00 Å². The normalized spacial score (nSPS) is 12.4. The number of amides is 1. The minimum atomic E-state index is -0.355. The second kappa shape index (κ2) is 10.7. The van der Waals surface area contributed by atoms with Gasteiger partial charge in [-0.2, -0.15) is 0 Å². The summed E-state index contributed by atoms with van der Waals surface area (Å²) >= 11 is 6.82. The molecule has 0 atom stereocenters. The van der Waals surface area contributed by atoms with Gasteiger partial charge in [0.05, 0.1) is 18.8 Å². The van der Waals surface area contributed by atoms with Gasteiger partial charge in [-0.1, -0.05) is 13.8 Å². The molecule has 1 aliphatic rings. The summed E-state index contributed by atoms with van der Waals surface area (Å²) in [7, 11) is 0. The predicted molar refractivity (Wildman–Crippen MR) is 127 cm³/mol. The van der Waals surface area contributed by atoms with Crippen LogP contribution in [0.5, 0.6) is 5.75 Å². The first-order valence-electron chi connectivity index (χ1n) is 10.6. The highest BCUT2D eigenvalue weighted by Crippen LogP contribution is 2.39. The number of hydrogen-bond donors (Lipinski definition) is 2. The van der Waals surface area contributed by atoms with Crippen molar-refractivity contribution in [2.24, 2.45) is 5.92 Å². The van der Waals surface area contributed by atoms with Crippen LogP contribution in [0.15, 0.2) is 24.3 Å². The molecule has 1 aliphatic carbocycles. The lowest BCUT2D eigenvalue weighted by molar-refractivity contribution is 0.0527. The van der Waals surface area contributed by atoms with Crippen molar-refractivity contribution in [3.63, 3.8) is 0 Å². The predicted octanol–water partition coefficient (Wildman–Crippen LogP) is 4.97. The molecule has 0 radical (unpaired) electrons. The lowest BCUT2D eigenvalue weighted by atomic mass is 10.1. The van der Waals surface area contributed by atoms with Crippen LogP contribution >= 0.6 is 23.6 Å². The third kappa shape index (κ3) is 6.04. The van der Waals surface area contributed by atoms with E-state index in [1.807, 2.05) is 0 Å². The first kappa shape index (κ1) is 23.2. The second-order valence-corrected chi connectivity index (χ2v) is 9.26. The number of thiocarbonyl (C=S) groups is 1. The number of benzene rings is 1. The van der Waals surface area contributed by atoms with Gasteiger partial charge in [-0.25, -0.2) is 4.79 Å². The Morgan fingerprint density at radius 3 is 2.61 bits per heavy atom. The minimum Gasteiger partial charge on any atom is -0.494 e. The number of rotatable bonds is 8. The van der Waals surface area contributed by atoms with E-state index in [1.165, 1.54) is 16.2 Å². The van der Waals surface area contributed by atoms with E-state index in [4.69, 9.17) is 21.7 Å². The summed E-state index contributed by atoms with van der Waals surface area (Å²) < 4.78 is 10.9. The largest absolute Gasteiger partial charge is 0.494 e. The molecule has 6 nitrogen and oxygen atoms in total. The van der Waals surface area contributed by atoms with Crippen LogP contribution in [0, 0.1) is 5.92 Å². The number of carbonyl (C=O) groups is 2. The average Bonchev–Trinajstić information content (AvgIpc) is 3.29. The molecule has 0 saturated carbocycles. The van der Waals surface area contributed by atoms with Crippen molar-refractivity contribution in [3.8, 4) is 5.75 Å². The number of esters is 1. The standard InChI is InChI=1S/C23H28N2O4S2/c1-4-28-22(27)19-17-6-5-7-18(17)31-21(19)25-23(30)24-20(26)15-8-10-16(11-9-15)29-13-12-14(2)3/h8-11,14H,4-7,12-13H2,1-3H3,(H2,24,25,26,30). The van der Waals surface area contributed by atoms with Gasteiger partial charge in [0, 0.05) is 10.4 Å². The Bertz CT molecular complexity index is 951. The summed E-state index contributed by atoms with van der Waals surface area (Å²) in [6.45, 7) is 7.02. The third-order valence-corrected chi connectivity index (χ3v) is 6.35. The van der Waals surface area contributed by atoms with Crippen LogP contribution in [0.25, 0.3) is 0 Å². The SMILES string of the molecule is CCOC(=O)c1c(NC(=S)NC(=O)c2ccc(OCCC(C)C)cc2)sc2c1CCC2. The monoisotopic (exact) mass is 460 g/mol. The molecule has 8 heteroatoms. The molecule has 31 heavy (non-hydrogen) atoms. The van der Waals surface area contributed by atoms with Crippen molar-refractivity contribution >= 4 is 45.5 Å². The number of hydrogen-bond acceptors (Lipinski definition) is 6. The summed E-state index contributed by atoms with van der Waals surface area (Å²) in [6.07, 6.45) is 3.81. The Morgan fingerprint density at radius 1 is 1.19 bits per heavy atom. The van der Waals surface area contributed by atoms with Gasteiger partial charge in [-0.05, 0) is 80.6 Å². The molecule has 2 aromatic rings. The van der Waals surface area contributed by atoms with Crippen LogP contribution < -0.4 is 15.4 Å². The Balaban J connectivity index is 1.61. The molecule has 0 fully saturated rings. The number of aryl methyl sites for hydroxylation is 1. The molecule has 0 unspecified atom stereocenters. The van der Waals surface area contributed by atoms with Crippen molar-refractivity contribution in [1.82, 2.24) is 5.32 Å². The van der Waals surface area contributed by atoms with Gasteiger partial charge in [0.1, 0.15) is 10.8 Å². The molecule has 2 N–H and O–H groups in total. The lowest BCUT2D eigenvalue weighted by Crippen LogP contribution is -2.34. The molecule has 0 saturated heterocycles. The first-order valence-corrected chi connectivity index (χ1v) is 11.8. The Hall–Kier alpha value is -2.45. The number of anilines is 1. The van der Waals surface area contributed by atoms with Gasteiger partial charge in [-0.3, -0.25) is 10.1 Å². The van der Waals surface area contributed by atoms with Crippen molar-refractivity contribution < 1.29 is 19.1 Å². The van der Waals surface area contributed by atoms with E-state index in [9.17, 15) is 9.59 Å². The Morgan fingerprint density at radius 2 is 1.94 bits per heavy atom. The van der Waals surface area contributed by atoms with Crippen LogP contribution in [-0.4, -0.2) is 30.2 Å². The fraction of sp³-hybridized carbons (Fsp3) is 0.435. The van der Waals surface area contributed by atoms with E-state index in [0.29, 0.717) is 35.3 Å². The van der Waals surface area contributed by atoms with E-state index < -0.39 is 0 Å². The van der Waals surface area contributed by atoms with Crippen LogP contribution in [0.3, 0.4) is 0 Å². The maximum atomic E-state index is 12.6. The van der Waals surface area contributed by atoms with Crippen molar-refractivity contribution in [3.05, 3.63) is 45.8 Å². The molecular formula is C23H28N2O4S2. The second-order valence-electron chi connectivity index (χ2n) is 7.75. The van der Waals surface area contributed by atoms with Crippen LogP contribution in [0.2, 0.25) is 0 Å². The smallest absolute Gasteiger partial charge is 0.341 e. The summed E-state index contributed by atoms with van der Waals surface area (Å²) in [5, 5.41) is 6.48. The maximum absolute atomic E-state index is 12.6. The molecule has 1 aromatic heterocycles. The summed E-state index contributed by atoms with van der Waals surface area (Å²) in [4.78, 5) is 26.2. The van der Waals surface area contributed by atoms with Gasteiger partial charge in [0.2, 0.25) is 0 Å². The summed E-state index contributed by atoms with van der Waals surface area (Å²) in [5.41, 5.74) is 2.05. The van der Waals surface area contributed by atoms with Crippen LogP contribution in [0.1, 0.15) is 64.8 Å². The first-order chi connectivity index (χ1) is 14.9. The minimum absolute atomic E-state index is 0.146. The van der Waals surface area contributed by atoms with Gasteiger partial charge in [0.25, 0.3) is 5.91 Å². The number of nitrogens with one attached hydrogen (secondary N) is 2. The number of fused-ring (bicyclic) bond motifs is 1. The van der Waals surface area contributed by atoms with Gasteiger partial charge < -0.3 is 14.8 Å². The molecule has 166 valence electrons. The van der Waals surface area contributed by atoms with E-state index >= 15 is 0 Å². The molecule has 0 spiro atoms. The quantitative estimate of drug-likeness (QED) is 0.428. The van der Waals surface area contributed by atoms with Gasteiger partial charge >= 0.3 is 5.97 Å². The molecule has 0 bridgehead atoms. The zero-order chi connectivity index (χ0) is 22.4. The topological polar surface area (TPSA) is 76.7 Å². The number of thiophene rings is 1. The van der Waals surface area contributed by atoms with Gasteiger partial charge in [-0.15, -0.1) is 11.3 Å². The Kier molecular flexibility index (Phi) is 8.03. The zero-order valence-electron chi connectivity index (χ0n) is 18.1. The van der Waals surface area contributed by atoms with Crippen LogP contribution in [-0.2, 0) is 17.6 Å². The summed E-state index contributed by atoms with van der Waals surface area (Å²) in [6, 6.07) is 6.95. The lowest BCUT2D eigenvalue weighted by Gasteiger charge is -2.11. The number of ether oxygens (including phenoxy) is 2. The maximum Gasteiger partial charge on any atom is 0.341 e. The third-order valence-electron chi connectivity index (χ3n) is 4.94. The van der Waals surface area contributed by atoms with Gasteiger partial charge in [0.15, 0.2) is 5.11 Å². The molecule has 1 heterocycles. The van der Waals surface area contributed by atoms with Crippen molar-refractivity contribution in [2.75, 3.05) is 18.5 Å². The van der Waals surface area contributed by atoms with E-state index in [0.717, 1.165) is 37.0 Å². The summed E-state index contributed by atoms with van der Waals surface area (Å²) in [5.74, 6) is 0.622. The average molecular weight is 461 g/mol. The fourth-order valence-electron chi connectivity index (χ4n) is 3.34. The fourth-order valence-corrected chi connectivity index (χ4v) is 4.88. The number of carbonyl (C=O) groups excluding carboxylic acids is 2. The van der Waals surface area contributed by atoms with E-state index in [-0.39, 0.29) is 17.0 Å². The van der Waals surface area contributed by atoms with E-state index in [2.05, 4.69) is 24.5 Å². The van der Waals surface area contributed by atoms with Crippen molar-refractivity contribution in [1.29, 1.82) is 0 Å². The highest BCUT2D eigenvalue weighted by Gasteiger charge is 2.28. The molecule has 3 rings (SSSR count). The zero-order valence-corrected chi connectivity index (χ0v) is 19.7. The molecule has 1 aromatic carbocycles. The van der Waals surface area contributed by atoms with Crippen molar-refractivity contribution in [2.45, 2.75) is 46.5 Å². The highest BCUT2D eigenvalue weighted by atomic mass is 32.1.